The molecule has 0 radical (unpaired) electrons. The minimum atomic E-state index is -3.61. The Morgan fingerprint density at radius 3 is 2.31 bits per heavy atom. The van der Waals surface area contributed by atoms with E-state index in [1.807, 2.05) is 0 Å². The second-order valence-electron chi connectivity index (χ2n) is 9.18. The molecule has 9 heteroatoms. The van der Waals surface area contributed by atoms with Crippen molar-refractivity contribution >= 4 is 33.4 Å². The van der Waals surface area contributed by atoms with Gasteiger partial charge >= 0.3 is 0 Å². The van der Waals surface area contributed by atoms with Gasteiger partial charge in [-0.3, -0.25) is 0 Å². The summed E-state index contributed by atoms with van der Waals surface area (Å²) in [5, 5.41) is 0.525. The average molecular weight is 476 g/mol. The van der Waals surface area contributed by atoms with E-state index in [4.69, 9.17) is 21.6 Å². The van der Waals surface area contributed by atoms with Crippen LogP contribution in [0.15, 0.2) is 29.2 Å². The van der Waals surface area contributed by atoms with Crippen LogP contribution in [0, 0.1) is 5.92 Å². The Balaban J connectivity index is 1.48. The molecule has 2 aromatic rings. The second-order valence-corrected chi connectivity index (χ2v) is 11.6. The number of hydrogen-bond acceptors (Lipinski definition) is 6. The van der Waals surface area contributed by atoms with Crippen molar-refractivity contribution in [1.82, 2.24) is 14.3 Å². The van der Waals surface area contributed by atoms with Crippen molar-refractivity contribution < 1.29 is 8.42 Å². The zero-order chi connectivity index (χ0) is 22.3. The maximum atomic E-state index is 13.3. The number of hydrogen-bond donors (Lipinski definition) is 0. The summed E-state index contributed by atoms with van der Waals surface area (Å²) in [5.74, 6) is 2.48. The van der Waals surface area contributed by atoms with Crippen LogP contribution in [0.5, 0.6) is 0 Å². The third kappa shape index (κ3) is 4.20. The van der Waals surface area contributed by atoms with Crippen molar-refractivity contribution in [2.24, 2.45) is 5.92 Å². The molecule has 3 aliphatic heterocycles. The average Bonchev–Trinajstić information content (AvgIpc) is 3.33. The Morgan fingerprint density at radius 1 is 0.938 bits per heavy atom. The van der Waals surface area contributed by atoms with Gasteiger partial charge in [-0.2, -0.15) is 9.29 Å². The summed E-state index contributed by atoms with van der Waals surface area (Å²) in [6, 6.07) is 6.39. The summed E-state index contributed by atoms with van der Waals surface area (Å²) in [4.78, 5) is 14.9. The summed E-state index contributed by atoms with van der Waals surface area (Å²) in [7, 11) is -3.61. The zero-order valence-corrected chi connectivity index (χ0v) is 20.1. The molecule has 0 bridgehead atoms. The van der Waals surface area contributed by atoms with Gasteiger partial charge in [0.05, 0.1) is 10.6 Å². The highest BCUT2D eigenvalue weighted by atomic mass is 35.5. The van der Waals surface area contributed by atoms with Gasteiger partial charge in [0.1, 0.15) is 5.82 Å². The van der Waals surface area contributed by atoms with Crippen LogP contribution in [0.25, 0.3) is 0 Å². The number of sulfonamides is 1. The Labute approximate surface area is 195 Å². The lowest BCUT2D eigenvalue weighted by molar-refractivity contribution is 0.386. The summed E-state index contributed by atoms with van der Waals surface area (Å²) < 4.78 is 28.2. The molecular weight excluding hydrogens is 446 g/mol. The van der Waals surface area contributed by atoms with E-state index in [1.54, 1.807) is 28.6 Å². The lowest BCUT2D eigenvalue weighted by atomic mass is 9.99. The number of rotatable bonds is 4. The van der Waals surface area contributed by atoms with Gasteiger partial charge in [-0.1, -0.05) is 18.5 Å². The molecule has 4 heterocycles. The topological polar surface area (TPSA) is 69.6 Å². The van der Waals surface area contributed by atoms with Crippen molar-refractivity contribution in [3.63, 3.8) is 0 Å². The number of fused-ring (bicyclic) bond motifs is 1. The number of aromatic nitrogens is 2. The predicted molar refractivity (Wildman–Crippen MR) is 127 cm³/mol. The minimum Gasteiger partial charge on any atom is -0.356 e. The molecule has 0 aliphatic carbocycles. The van der Waals surface area contributed by atoms with Crippen LogP contribution in [0.3, 0.4) is 0 Å². The first-order chi connectivity index (χ1) is 15.4. The molecule has 2 fully saturated rings. The molecule has 172 valence electrons. The monoisotopic (exact) mass is 475 g/mol. The van der Waals surface area contributed by atoms with Gasteiger partial charge in [-0.15, -0.1) is 0 Å². The molecule has 0 N–H and O–H groups in total. The highest BCUT2D eigenvalue weighted by molar-refractivity contribution is 7.89. The molecule has 32 heavy (non-hydrogen) atoms. The molecule has 7 nitrogen and oxygen atoms in total. The first-order valence-corrected chi connectivity index (χ1v) is 13.4. The van der Waals surface area contributed by atoms with Gasteiger partial charge in [-0.25, -0.2) is 13.4 Å². The largest absolute Gasteiger partial charge is 0.356 e. The quantitative estimate of drug-likeness (QED) is 0.671. The normalized spacial score (nSPS) is 20.6. The number of nitrogens with zero attached hydrogens (tertiary/aromatic N) is 5. The lowest BCUT2D eigenvalue weighted by Gasteiger charge is -2.34. The van der Waals surface area contributed by atoms with Gasteiger partial charge in [-0.05, 0) is 55.9 Å². The van der Waals surface area contributed by atoms with Crippen LogP contribution in [0.4, 0.5) is 11.8 Å². The van der Waals surface area contributed by atoms with Crippen LogP contribution >= 0.6 is 11.6 Å². The van der Waals surface area contributed by atoms with Gasteiger partial charge in [0.15, 0.2) is 0 Å². The molecule has 3 aliphatic rings. The van der Waals surface area contributed by atoms with E-state index < -0.39 is 10.0 Å². The molecular formula is C23H30ClN5O2S. The van der Waals surface area contributed by atoms with E-state index >= 15 is 0 Å². The molecule has 1 aromatic carbocycles. The highest BCUT2D eigenvalue weighted by Crippen LogP contribution is 2.34. The third-order valence-corrected chi connectivity index (χ3v) is 9.03. The number of halogens is 1. The van der Waals surface area contributed by atoms with Gasteiger partial charge < -0.3 is 9.80 Å². The minimum absolute atomic E-state index is 0.271. The molecule has 0 spiro atoms. The Morgan fingerprint density at radius 2 is 1.62 bits per heavy atom. The van der Waals surface area contributed by atoms with E-state index in [0.717, 1.165) is 80.8 Å². The van der Waals surface area contributed by atoms with Crippen LogP contribution < -0.4 is 9.80 Å². The summed E-state index contributed by atoms with van der Waals surface area (Å²) in [6.07, 6.45) is 5.20. The Hall–Kier alpha value is -1.90. The first kappa shape index (κ1) is 21.9. The van der Waals surface area contributed by atoms with E-state index in [1.165, 1.54) is 0 Å². The number of benzene rings is 1. The van der Waals surface area contributed by atoms with Crippen LogP contribution in [0.2, 0.25) is 5.02 Å². The van der Waals surface area contributed by atoms with Crippen LogP contribution in [0.1, 0.15) is 43.9 Å². The van der Waals surface area contributed by atoms with E-state index in [9.17, 15) is 8.42 Å². The lowest BCUT2D eigenvalue weighted by Crippen LogP contribution is -2.39. The van der Waals surface area contributed by atoms with E-state index in [2.05, 4.69) is 16.7 Å². The fourth-order valence-corrected chi connectivity index (χ4v) is 6.40. The summed E-state index contributed by atoms with van der Waals surface area (Å²) in [6.45, 7) is 6.92. The van der Waals surface area contributed by atoms with Gasteiger partial charge in [0.25, 0.3) is 0 Å². The maximum Gasteiger partial charge on any atom is 0.243 e. The highest BCUT2D eigenvalue weighted by Gasteiger charge is 2.33. The van der Waals surface area contributed by atoms with Crippen LogP contribution in [-0.2, 0) is 23.0 Å². The zero-order valence-electron chi connectivity index (χ0n) is 18.5. The fourth-order valence-electron chi connectivity index (χ4n) is 4.86. The summed E-state index contributed by atoms with van der Waals surface area (Å²) >= 11 is 5.96. The number of piperidine rings is 1. The molecule has 0 unspecified atom stereocenters. The predicted octanol–water partition coefficient (Wildman–Crippen LogP) is 3.71. The smallest absolute Gasteiger partial charge is 0.243 e. The second kappa shape index (κ2) is 8.80. The Bertz CT molecular complexity index is 1080. The van der Waals surface area contributed by atoms with Crippen molar-refractivity contribution in [1.29, 1.82) is 0 Å². The maximum absolute atomic E-state index is 13.3. The van der Waals surface area contributed by atoms with Crippen molar-refractivity contribution in [3.8, 4) is 0 Å². The SMILES string of the molecule is CC1CCN(c2nc3c(c(N4CCCC4)n2)CN(S(=O)(=O)c2ccc(Cl)cc2)CC3)CC1. The molecule has 1 aromatic heterocycles. The molecule has 0 atom stereocenters. The standard InChI is InChI=1S/C23H30ClN5O2S/c1-17-8-13-28(14-9-17)23-25-21-10-15-29(32(30,31)19-6-4-18(24)5-7-19)16-20(21)22(26-23)27-11-2-3-12-27/h4-7,17H,2-3,8-16H2,1H3. The Kier molecular flexibility index (Phi) is 6.03. The van der Waals surface area contributed by atoms with Crippen LogP contribution in [-0.4, -0.2) is 55.4 Å². The van der Waals surface area contributed by atoms with E-state index in [0.29, 0.717) is 24.5 Å². The molecule has 0 amide bonds. The van der Waals surface area contributed by atoms with Gasteiger partial charge in [0.2, 0.25) is 16.0 Å². The van der Waals surface area contributed by atoms with Crippen molar-refractivity contribution in [2.45, 2.75) is 50.5 Å². The van der Waals surface area contributed by atoms with Crippen molar-refractivity contribution in [3.05, 3.63) is 40.5 Å². The first-order valence-electron chi connectivity index (χ1n) is 11.6. The fraction of sp³-hybridized carbons (Fsp3) is 0.565. The molecule has 5 rings (SSSR count). The summed E-state index contributed by atoms with van der Waals surface area (Å²) in [5.41, 5.74) is 1.96. The molecule has 0 saturated carbocycles. The number of anilines is 2. The van der Waals surface area contributed by atoms with Gasteiger partial charge in [0, 0.05) is 56.3 Å². The molecule has 2 saturated heterocycles. The third-order valence-electron chi connectivity index (χ3n) is 6.92. The van der Waals surface area contributed by atoms with Crippen molar-refractivity contribution in [2.75, 3.05) is 42.5 Å². The van der Waals surface area contributed by atoms with E-state index in [-0.39, 0.29) is 4.90 Å².